The molecule has 1 saturated carbocycles. The molecule has 0 spiro atoms. The maximum atomic E-state index is 12.1. The standard InChI is InChI=1S/C16H26N4O2/c1-11(2)19(3)10-14-17-16(18-22-14)13-7-15(21)20(9-13)8-12-5-4-6-12/h11-13H,4-10H2,1-3H3. The van der Waals surface area contributed by atoms with Gasteiger partial charge in [-0.15, -0.1) is 0 Å². The molecule has 1 amide bonds. The van der Waals surface area contributed by atoms with Crippen molar-refractivity contribution < 1.29 is 9.32 Å². The third-order valence-corrected chi connectivity index (χ3v) is 5.03. The van der Waals surface area contributed by atoms with Gasteiger partial charge in [0.25, 0.3) is 0 Å². The van der Waals surface area contributed by atoms with E-state index in [1.807, 2.05) is 11.9 Å². The van der Waals surface area contributed by atoms with Crippen LogP contribution < -0.4 is 0 Å². The molecule has 1 aliphatic heterocycles. The van der Waals surface area contributed by atoms with Gasteiger partial charge in [0.1, 0.15) is 0 Å². The van der Waals surface area contributed by atoms with Crippen molar-refractivity contribution in [3.63, 3.8) is 0 Å². The lowest BCUT2D eigenvalue weighted by Crippen LogP contribution is -2.33. The Labute approximate surface area is 131 Å². The Morgan fingerprint density at radius 2 is 2.18 bits per heavy atom. The van der Waals surface area contributed by atoms with Gasteiger partial charge in [-0.1, -0.05) is 11.6 Å². The molecule has 6 nitrogen and oxygen atoms in total. The van der Waals surface area contributed by atoms with Gasteiger partial charge in [-0.05, 0) is 39.7 Å². The third kappa shape index (κ3) is 3.32. The topological polar surface area (TPSA) is 62.5 Å². The first-order valence-corrected chi connectivity index (χ1v) is 8.33. The van der Waals surface area contributed by atoms with Crippen molar-refractivity contribution >= 4 is 5.91 Å². The molecule has 6 heteroatoms. The van der Waals surface area contributed by atoms with Crippen molar-refractivity contribution in [1.29, 1.82) is 0 Å². The molecule has 2 aliphatic rings. The van der Waals surface area contributed by atoms with Gasteiger partial charge in [0.2, 0.25) is 11.8 Å². The van der Waals surface area contributed by atoms with Crippen molar-refractivity contribution in [2.75, 3.05) is 20.1 Å². The van der Waals surface area contributed by atoms with Crippen molar-refractivity contribution in [3.8, 4) is 0 Å². The highest BCUT2D eigenvalue weighted by Crippen LogP contribution is 2.32. The van der Waals surface area contributed by atoms with E-state index in [1.165, 1.54) is 19.3 Å². The number of hydrogen-bond donors (Lipinski definition) is 0. The molecular formula is C16H26N4O2. The summed E-state index contributed by atoms with van der Waals surface area (Å²) < 4.78 is 5.35. The Balaban J connectivity index is 1.58. The summed E-state index contributed by atoms with van der Waals surface area (Å²) in [5.74, 6) is 2.37. The molecule has 0 radical (unpaired) electrons. The summed E-state index contributed by atoms with van der Waals surface area (Å²) in [7, 11) is 2.04. The molecule has 1 saturated heterocycles. The fourth-order valence-electron chi connectivity index (χ4n) is 3.00. The number of carbonyl (C=O) groups excluding carboxylic acids is 1. The highest BCUT2D eigenvalue weighted by atomic mass is 16.5. The largest absolute Gasteiger partial charge is 0.342 e. The minimum absolute atomic E-state index is 0.0921. The number of carbonyl (C=O) groups is 1. The monoisotopic (exact) mass is 306 g/mol. The summed E-state index contributed by atoms with van der Waals surface area (Å²) in [5, 5.41) is 4.10. The minimum atomic E-state index is 0.0921. The number of amides is 1. The van der Waals surface area contributed by atoms with Crippen molar-refractivity contribution in [3.05, 3.63) is 11.7 Å². The average Bonchev–Trinajstić information content (AvgIpc) is 3.01. The molecule has 22 heavy (non-hydrogen) atoms. The van der Waals surface area contributed by atoms with Gasteiger partial charge < -0.3 is 9.42 Å². The molecule has 2 fully saturated rings. The van der Waals surface area contributed by atoms with Crippen molar-refractivity contribution in [1.82, 2.24) is 19.9 Å². The average molecular weight is 306 g/mol. The maximum Gasteiger partial charge on any atom is 0.240 e. The zero-order valence-corrected chi connectivity index (χ0v) is 13.8. The second-order valence-electron chi connectivity index (χ2n) is 7.05. The van der Waals surface area contributed by atoms with Crippen LogP contribution >= 0.6 is 0 Å². The van der Waals surface area contributed by atoms with Crippen LogP contribution in [0.15, 0.2) is 4.52 Å². The lowest BCUT2D eigenvalue weighted by molar-refractivity contribution is -0.128. The SMILES string of the molecule is CC(C)N(C)Cc1nc(C2CC(=O)N(CC3CCC3)C2)no1. The van der Waals surface area contributed by atoms with Crippen LogP contribution in [0.25, 0.3) is 0 Å². The summed E-state index contributed by atoms with van der Waals surface area (Å²) in [4.78, 5) is 20.8. The normalized spacial score (nSPS) is 22.9. The lowest BCUT2D eigenvalue weighted by atomic mass is 9.85. The highest BCUT2D eigenvalue weighted by Gasteiger charge is 2.35. The molecule has 1 atom stereocenters. The Kier molecular flexibility index (Phi) is 4.47. The Hall–Kier alpha value is -1.43. The van der Waals surface area contributed by atoms with Gasteiger partial charge in [-0.25, -0.2) is 0 Å². The van der Waals surface area contributed by atoms with E-state index in [4.69, 9.17) is 4.52 Å². The summed E-state index contributed by atoms with van der Waals surface area (Å²) in [6.45, 7) is 6.57. The second-order valence-corrected chi connectivity index (χ2v) is 7.05. The van der Waals surface area contributed by atoms with Gasteiger partial charge in [-0.2, -0.15) is 4.98 Å². The van der Waals surface area contributed by atoms with Crippen LogP contribution in [-0.2, 0) is 11.3 Å². The number of aromatic nitrogens is 2. The molecule has 3 rings (SSSR count). The van der Waals surface area contributed by atoms with Crippen LogP contribution in [0, 0.1) is 5.92 Å². The van der Waals surface area contributed by atoms with E-state index in [0.717, 1.165) is 13.1 Å². The predicted molar refractivity (Wildman–Crippen MR) is 82.2 cm³/mol. The van der Waals surface area contributed by atoms with E-state index in [0.29, 0.717) is 36.6 Å². The molecule has 1 aromatic heterocycles. The number of hydrogen-bond acceptors (Lipinski definition) is 5. The molecule has 1 aromatic rings. The van der Waals surface area contributed by atoms with E-state index >= 15 is 0 Å². The second kappa shape index (κ2) is 6.36. The predicted octanol–water partition coefficient (Wildman–Crippen LogP) is 2.03. The van der Waals surface area contributed by atoms with Crippen LogP contribution in [0.5, 0.6) is 0 Å². The van der Waals surface area contributed by atoms with Crippen molar-refractivity contribution in [2.24, 2.45) is 5.92 Å². The maximum absolute atomic E-state index is 12.1. The molecular weight excluding hydrogens is 280 g/mol. The number of likely N-dealkylation sites (tertiary alicyclic amines) is 1. The summed E-state index contributed by atoms with van der Waals surface area (Å²) in [5.41, 5.74) is 0. The van der Waals surface area contributed by atoms with E-state index in [1.54, 1.807) is 0 Å². The Bertz CT molecular complexity index is 524. The van der Waals surface area contributed by atoms with Gasteiger partial charge in [0.15, 0.2) is 5.82 Å². The van der Waals surface area contributed by atoms with E-state index in [-0.39, 0.29) is 11.8 Å². The molecule has 2 heterocycles. The highest BCUT2D eigenvalue weighted by molar-refractivity contribution is 5.79. The zero-order valence-electron chi connectivity index (χ0n) is 13.8. The molecule has 0 bridgehead atoms. The Morgan fingerprint density at radius 1 is 1.41 bits per heavy atom. The number of nitrogens with zero attached hydrogens (tertiary/aromatic N) is 4. The smallest absolute Gasteiger partial charge is 0.240 e. The van der Waals surface area contributed by atoms with E-state index in [2.05, 4.69) is 28.9 Å². The summed E-state index contributed by atoms with van der Waals surface area (Å²) >= 11 is 0. The van der Waals surface area contributed by atoms with Crippen LogP contribution in [-0.4, -0.2) is 52.0 Å². The van der Waals surface area contributed by atoms with Crippen molar-refractivity contribution in [2.45, 2.75) is 58.0 Å². The quantitative estimate of drug-likeness (QED) is 0.804. The van der Waals surface area contributed by atoms with Crippen LogP contribution in [0.3, 0.4) is 0 Å². The van der Waals surface area contributed by atoms with Crippen LogP contribution in [0.4, 0.5) is 0 Å². The third-order valence-electron chi connectivity index (χ3n) is 5.03. The van der Waals surface area contributed by atoms with E-state index in [9.17, 15) is 4.79 Å². The summed E-state index contributed by atoms with van der Waals surface area (Å²) in [6, 6.07) is 0.432. The van der Waals surface area contributed by atoms with Gasteiger partial charge >= 0.3 is 0 Å². The molecule has 0 N–H and O–H groups in total. The first-order chi connectivity index (χ1) is 10.5. The molecule has 0 aromatic carbocycles. The molecule has 122 valence electrons. The van der Waals surface area contributed by atoms with Crippen LogP contribution in [0.2, 0.25) is 0 Å². The minimum Gasteiger partial charge on any atom is -0.342 e. The molecule has 1 aliphatic carbocycles. The molecule has 1 unspecified atom stereocenters. The van der Waals surface area contributed by atoms with Gasteiger partial charge in [-0.3, -0.25) is 9.69 Å². The lowest BCUT2D eigenvalue weighted by Gasteiger charge is -2.30. The fourth-order valence-corrected chi connectivity index (χ4v) is 3.00. The van der Waals surface area contributed by atoms with Gasteiger partial charge in [0, 0.05) is 31.5 Å². The summed E-state index contributed by atoms with van der Waals surface area (Å²) in [6.07, 6.45) is 4.37. The first kappa shape index (κ1) is 15.5. The zero-order chi connectivity index (χ0) is 15.7. The first-order valence-electron chi connectivity index (χ1n) is 8.33. The Morgan fingerprint density at radius 3 is 2.82 bits per heavy atom. The fraction of sp³-hybridized carbons (Fsp3) is 0.812. The van der Waals surface area contributed by atoms with Gasteiger partial charge in [0.05, 0.1) is 6.54 Å². The van der Waals surface area contributed by atoms with Crippen LogP contribution in [0.1, 0.15) is 57.2 Å². The van der Waals surface area contributed by atoms with E-state index < -0.39 is 0 Å². The number of rotatable bonds is 6.